The van der Waals surface area contributed by atoms with Crippen LogP contribution >= 0.6 is 0 Å². The van der Waals surface area contributed by atoms with Crippen LogP contribution in [0.4, 0.5) is 0 Å². The summed E-state index contributed by atoms with van der Waals surface area (Å²) in [7, 11) is 0. The molecule has 1 aromatic carbocycles. The highest BCUT2D eigenvalue weighted by molar-refractivity contribution is 5.87. The molecule has 0 radical (unpaired) electrons. The van der Waals surface area contributed by atoms with Crippen LogP contribution in [0.5, 0.6) is 5.75 Å². The molecule has 1 aromatic rings. The van der Waals surface area contributed by atoms with Crippen LogP contribution in [0, 0.1) is 17.3 Å². The number of esters is 2. The number of carbonyl (C=O) groups excluding carboxylic acids is 3. The van der Waals surface area contributed by atoms with Crippen LogP contribution in [0.3, 0.4) is 0 Å². The maximum absolute atomic E-state index is 12.6. The Balaban J connectivity index is 1.74. The van der Waals surface area contributed by atoms with Crippen LogP contribution in [0.15, 0.2) is 18.2 Å². The largest absolute Gasteiger partial charge is 0.462 e. The number of carbonyl (C=O) groups is 3. The van der Waals surface area contributed by atoms with Crippen molar-refractivity contribution in [2.45, 2.75) is 64.9 Å². The molecule has 0 N–H and O–H groups in total. The molecule has 3 unspecified atom stereocenters. The summed E-state index contributed by atoms with van der Waals surface area (Å²) in [5.41, 5.74) is 2.05. The highest BCUT2D eigenvalue weighted by Gasteiger charge is 2.57. The molecule has 27 heavy (non-hydrogen) atoms. The van der Waals surface area contributed by atoms with Gasteiger partial charge in [0, 0.05) is 38.0 Å². The van der Waals surface area contributed by atoms with Gasteiger partial charge < -0.3 is 9.47 Å². The van der Waals surface area contributed by atoms with Crippen molar-refractivity contribution in [2.75, 3.05) is 0 Å². The Hall–Kier alpha value is -2.17. The molecule has 0 spiro atoms. The van der Waals surface area contributed by atoms with Crippen molar-refractivity contribution >= 4 is 17.7 Å². The molecule has 2 saturated carbocycles. The van der Waals surface area contributed by atoms with Gasteiger partial charge in [-0.3, -0.25) is 14.4 Å². The van der Waals surface area contributed by atoms with Crippen molar-refractivity contribution in [3.05, 3.63) is 29.3 Å². The summed E-state index contributed by atoms with van der Waals surface area (Å²) < 4.78 is 11.0. The Morgan fingerprint density at radius 2 is 1.93 bits per heavy atom. The Kier molecular flexibility index (Phi) is 4.36. The fourth-order valence-corrected chi connectivity index (χ4v) is 5.89. The van der Waals surface area contributed by atoms with Gasteiger partial charge in [0.25, 0.3) is 0 Å². The molecular formula is C22H26O5. The van der Waals surface area contributed by atoms with E-state index in [0.29, 0.717) is 24.4 Å². The second-order valence-corrected chi connectivity index (χ2v) is 8.51. The lowest BCUT2D eigenvalue weighted by molar-refractivity contribution is -0.155. The molecule has 3 aliphatic carbocycles. The quantitative estimate of drug-likeness (QED) is 0.588. The highest BCUT2D eigenvalue weighted by atomic mass is 16.5. The zero-order chi connectivity index (χ0) is 19.3. The summed E-state index contributed by atoms with van der Waals surface area (Å²) in [5, 5.41) is 0. The summed E-state index contributed by atoms with van der Waals surface area (Å²) >= 11 is 0. The first-order chi connectivity index (χ1) is 12.8. The van der Waals surface area contributed by atoms with Crippen LogP contribution in [0.2, 0.25) is 0 Å². The zero-order valence-electron chi connectivity index (χ0n) is 16.1. The summed E-state index contributed by atoms with van der Waals surface area (Å²) in [5.74, 6) is 0.962. The molecule has 0 amide bonds. The number of hydrogen-bond acceptors (Lipinski definition) is 5. The Morgan fingerprint density at radius 3 is 2.63 bits per heavy atom. The monoisotopic (exact) mass is 370 g/mol. The maximum atomic E-state index is 12.6. The predicted molar refractivity (Wildman–Crippen MR) is 98.3 cm³/mol. The zero-order valence-corrected chi connectivity index (χ0v) is 16.1. The molecular weight excluding hydrogens is 344 g/mol. The van der Waals surface area contributed by atoms with Crippen molar-refractivity contribution in [3.8, 4) is 5.75 Å². The molecule has 0 aliphatic heterocycles. The lowest BCUT2D eigenvalue weighted by Gasteiger charge is -2.50. The summed E-state index contributed by atoms with van der Waals surface area (Å²) in [6.07, 6.45) is 3.69. The first-order valence-electron chi connectivity index (χ1n) is 9.81. The number of fused-ring (bicyclic) bond motifs is 5. The molecule has 0 aromatic heterocycles. The van der Waals surface area contributed by atoms with Crippen LogP contribution in [0.1, 0.15) is 63.5 Å². The van der Waals surface area contributed by atoms with E-state index in [1.165, 1.54) is 19.4 Å². The first-order valence-corrected chi connectivity index (χ1v) is 9.81. The molecule has 0 saturated heterocycles. The van der Waals surface area contributed by atoms with E-state index in [1.54, 1.807) is 0 Å². The SMILES string of the molecule is CC(=O)Oc1ccc2c(c1)C[C@H](OC(C)=O)C1C2CC[C@]2(C)C(=O)CCC12. The van der Waals surface area contributed by atoms with Crippen molar-refractivity contribution < 1.29 is 23.9 Å². The minimum Gasteiger partial charge on any atom is -0.462 e. The minimum absolute atomic E-state index is 0.172. The molecule has 2 fully saturated rings. The Bertz CT molecular complexity index is 813. The highest BCUT2D eigenvalue weighted by Crippen LogP contribution is 2.60. The van der Waals surface area contributed by atoms with Gasteiger partial charge in [-0.25, -0.2) is 0 Å². The number of ether oxygens (including phenoxy) is 2. The standard InChI is InChI=1S/C22H26O5/c1-12(23)26-15-4-5-16-14(10-15)11-19(27-13(2)24)21-17(16)8-9-22(3)18(21)6-7-20(22)25/h4-5,10,17-19,21H,6-9,11H2,1-3H3/t17?,18?,19-,21?,22-/m0/s1. The van der Waals surface area contributed by atoms with E-state index in [2.05, 4.69) is 13.0 Å². The average molecular weight is 370 g/mol. The number of ketones is 1. The average Bonchev–Trinajstić information content (AvgIpc) is 2.88. The molecule has 144 valence electrons. The number of Topliss-reactive ketones (excluding diaryl/α,β-unsaturated/α-hetero) is 1. The maximum Gasteiger partial charge on any atom is 0.308 e. The van der Waals surface area contributed by atoms with Crippen molar-refractivity contribution in [3.63, 3.8) is 0 Å². The molecule has 5 atom stereocenters. The van der Waals surface area contributed by atoms with E-state index >= 15 is 0 Å². The summed E-state index contributed by atoms with van der Waals surface area (Å²) in [6.45, 7) is 4.94. The number of rotatable bonds is 2. The molecule has 0 heterocycles. The molecule has 0 bridgehead atoms. The number of hydrogen-bond donors (Lipinski definition) is 0. The van der Waals surface area contributed by atoms with Crippen molar-refractivity contribution in [1.82, 2.24) is 0 Å². The van der Waals surface area contributed by atoms with Gasteiger partial charge in [-0.2, -0.15) is 0 Å². The predicted octanol–water partition coefficient (Wildman–Crippen LogP) is 3.58. The van der Waals surface area contributed by atoms with E-state index in [-0.39, 0.29) is 41.2 Å². The van der Waals surface area contributed by atoms with Crippen LogP contribution in [-0.4, -0.2) is 23.8 Å². The van der Waals surface area contributed by atoms with Gasteiger partial charge in [-0.1, -0.05) is 13.0 Å². The first kappa shape index (κ1) is 18.2. The third kappa shape index (κ3) is 2.97. The van der Waals surface area contributed by atoms with E-state index in [9.17, 15) is 14.4 Å². The van der Waals surface area contributed by atoms with Gasteiger partial charge in [0.1, 0.15) is 17.6 Å². The lowest BCUT2D eigenvalue weighted by Crippen LogP contribution is -2.49. The molecule has 4 rings (SSSR count). The van der Waals surface area contributed by atoms with E-state index in [4.69, 9.17) is 9.47 Å². The third-order valence-electron chi connectivity index (χ3n) is 6.98. The second kappa shape index (κ2) is 6.47. The van der Waals surface area contributed by atoms with E-state index < -0.39 is 0 Å². The van der Waals surface area contributed by atoms with E-state index in [1.807, 2.05) is 12.1 Å². The van der Waals surface area contributed by atoms with Gasteiger partial charge in [0.15, 0.2) is 0 Å². The smallest absolute Gasteiger partial charge is 0.308 e. The summed E-state index contributed by atoms with van der Waals surface area (Å²) in [4.78, 5) is 35.6. The minimum atomic E-state index is -0.349. The van der Waals surface area contributed by atoms with E-state index in [0.717, 1.165) is 24.8 Å². The van der Waals surface area contributed by atoms with Gasteiger partial charge in [-0.05, 0) is 54.4 Å². The van der Waals surface area contributed by atoms with Crippen LogP contribution in [0.25, 0.3) is 0 Å². The summed E-state index contributed by atoms with van der Waals surface area (Å²) in [6, 6.07) is 5.79. The molecule has 5 heteroatoms. The number of benzene rings is 1. The van der Waals surface area contributed by atoms with Crippen molar-refractivity contribution in [2.24, 2.45) is 17.3 Å². The molecule has 5 nitrogen and oxygen atoms in total. The van der Waals surface area contributed by atoms with Gasteiger partial charge in [0.2, 0.25) is 0 Å². The topological polar surface area (TPSA) is 69.7 Å². The van der Waals surface area contributed by atoms with Crippen molar-refractivity contribution in [1.29, 1.82) is 0 Å². The second-order valence-electron chi connectivity index (χ2n) is 8.51. The fraction of sp³-hybridized carbons (Fsp3) is 0.591. The van der Waals surface area contributed by atoms with Crippen LogP contribution < -0.4 is 4.74 Å². The third-order valence-corrected chi connectivity index (χ3v) is 6.98. The Labute approximate surface area is 159 Å². The van der Waals surface area contributed by atoms with Gasteiger partial charge >= 0.3 is 11.9 Å². The van der Waals surface area contributed by atoms with Gasteiger partial charge in [-0.15, -0.1) is 0 Å². The van der Waals surface area contributed by atoms with Gasteiger partial charge in [0.05, 0.1) is 0 Å². The Morgan fingerprint density at radius 1 is 1.15 bits per heavy atom. The molecule has 3 aliphatic rings. The van der Waals surface area contributed by atoms with Crippen LogP contribution in [-0.2, 0) is 25.5 Å². The lowest BCUT2D eigenvalue weighted by atomic mass is 9.55. The fourth-order valence-electron chi connectivity index (χ4n) is 5.89. The normalized spacial score (nSPS) is 34.3.